The van der Waals surface area contributed by atoms with E-state index in [9.17, 15) is 0 Å². The number of rotatable bonds is 0. The van der Waals surface area contributed by atoms with Gasteiger partial charge in [-0.3, -0.25) is 4.90 Å². The Kier molecular flexibility index (Phi) is 1.86. The van der Waals surface area contributed by atoms with Crippen molar-refractivity contribution in [2.75, 3.05) is 40.3 Å². The summed E-state index contributed by atoms with van der Waals surface area (Å²) in [5, 5.41) is 0. The maximum Gasteiger partial charge on any atom is 0.135 e. The second kappa shape index (κ2) is 2.46. The summed E-state index contributed by atoms with van der Waals surface area (Å²) in [6.45, 7) is 4.93. The van der Waals surface area contributed by atoms with Crippen molar-refractivity contribution in [1.29, 1.82) is 0 Å². The highest BCUT2D eigenvalue weighted by molar-refractivity contribution is 4.68. The highest BCUT2D eigenvalue weighted by atomic mass is 15.2. The lowest BCUT2D eigenvalue weighted by Gasteiger charge is -2.21. The minimum atomic E-state index is 1.23. The first kappa shape index (κ1) is 6.05. The smallest absolute Gasteiger partial charge is 0.135 e. The van der Waals surface area contributed by atoms with Crippen LogP contribution < -0.4 is 4.90 Å². The number of nitrogens with zero attached hydrogens (tertiary/aromatic N) is 2. The van der Waals surface area contributed by atoms with Crippen LogP contribution in [0.2, 0.25) is 0 Å². The summed E-state index contributed by atoms with van der Waals surface area (Å²) in [7, 11) is 4.35. The van der Waals surface area contributed by atoms with Crippen LogP contribution >= 0.6 is 0 Å². The molecular formula is C6H14N2+. The molecule has 0 aliphatic carbocycles. The normalized spacial score (nSPS) is 26.2. The Bertz CT molecular complexity index is 54.9. The minimum Gasteiger partial charge on any atom is -0.295 e. The molecule has 0 aromatic rings. The van der Waals surface area contributed by atoms with Crippen LogP contribution in [0, 0.1) is 0 Å². The standard InChI is InChI=1S/C6H14N2/c1-7-3-5-8(2)6-4-7/h3-6H2,1-2H3/q+1. The molecule has 1 radical (unpaired) electrons. The van der Waals surface area contributed by atoms with E-state index in [-0.39, 0.29) is 0 Å². The third-order valence-corrected chi connectivity index (χ3v) is 1.73. The van der Waals surface area contributed by atoms with E-state index < -0.39 is 0 Å². The first-order valence-electron chi connectivity index (χ1n) is 3.16. The van der Waals surface area contributed by atoms with Gasteiger partial charge in [-0.05, 0) is 7.05 Å². The Morgan fingerprint density at radius 3 is 2.12 bits per heavy atom. The first-order valence-corrected chi connectivity index (χ1v) is 3.16. The topological polar surface area (TPSA) is 9.14 Å². The van der Waals surface area contributed by atoms with Gasteiger partial charge in [0.05, 0.1) is 13.1 Å². The summed E-state index contributed by atoms with van der Waals surface area (Å²) < 4.78 is 0. The van der Waals surface area contributed by atoms with Crippen LogP contribution in [0.3, 0.4) is 0 Å². The van der Waals surface area contributed by atoms with Crippen LogP contribution in [0.4, 0.5) is 0 Å². The van der Waals surface area contributed by atoms with Gasteiger partial charge >= 0.3 is 0 Å². The van der Waals surface area contributed by atoms with Gasteiger partial charge in [-0.2, -0.15) is 4.90 Å². The third-order valence-electron chi connectivity index (χ3n) is 1.73. The minimum absolute atomic E-state index is 1.23. The molecule has 0 unspecified atom stereocenters. The van der Waals surface area contributed by atoms with E-state index in [0.29, 0.717) is 0 Å². The van der Waals surface area contributed by atoms with E-state index >= 15 is 0 Å². The summed E-state index contributed by atoms with van der Waals surface area (Å²) in [5.74, 6) is 0. The number of hydrogen-bond acceptors (Lipinski definition) is 2. The zero-order chi connectivity index (χ0) is 5.98. The van der Waals surface area contributed by atoms with Gasteiger partial charge < -0.3 is 0 Å². The summed E-state index contributed by atoms with van der Waals surface area (Å²) in [4.78, 5) is 4.72. The number of piperazine rings is 1. The van der Waals surface area contributed by atoms with Crippen LogP contribution in [0.25, 0.3) is 0 Å². The van der Waals surface area contributed by atoms with Gasteiger partial charge in [0.15, 0.2) is 0 Å². The molecule has 0 aromatic heterocycles. The zero-order valence-electron chi connectivity index (χ0n) is 5.72. The molecule has 1 fully saturated rings. The molecule has 2 nitrogen and oxygen atoms in total. The highest BCUT2D eigenvalue weighted by Crippen LogP contribution is 1.90. The van der Waals surface area contributed by atoms with E-state index in [4.69, 9.17) is 0 Å². The lowest BCUT2D eigenvalue weighted by Crippen LogP contribution is -2.45. The lowest BCUT2D eigenvalue weighted by atomic mass is 10.4. The van der Waals surface area contributed by atoms with Crippen molar-refractivity contribution in [2.24, 2.45) is 0 Å². The second-order valence-corrected chi connectivity index (χ2v) is 2.61. The molecule has 0 amide bonds. The Balaban J connectivity index is 2.19. The average molecular weight is 114 g/mol. The molecule has 1 heterocycles. The molecule has 8 heavy (non-hydrogen) atoms. The fraction of sp³-hybridized carbons (Fsp3) is 1.00. The molecular weight excluding hydrogens is 100 g/mol. The molecule has 0 bridgehead atoms. The van der Waals surface area contributed by atoms with Crippen molar-refractivity contribution >= 4 is 0 Å². The molecule has 1 aliphatic heterocycles. The van der Waals surface area contributed by atoms with Crippen LogP contribution in [0.5, 0.6) is 0 Å². The summed E-state index contributed by atoms with van der Waals surface area (Å²) in [6, 6.07) is 0. The predicted octanol–water partition coefficient (Wildman–Crippen LogP) is -0.298. The maximum absolute atomic E-state index is 2.36. The molecule has 1 saturated heterocycles. The van der Waals surface area contributed by atoms with Gasteiger partial charge in [-0.15, -0.1) is 0 Å². The van der Waals surface area contributed by atoms with Crippen LogP contribution in [-0.2, 0) is 0 Å². The zero-order valence-corrected chi connectivity index (χ0v) is 5.72. The Morgan fingerprint density at radius 2 is 1.75 bits per heavy atom. The largest absolute Gasteiger partial charge is 0.295 e. The number of likely N-dealkylation sites (N-methyl/N-ethyl adjacent to an activating group) is 2. The SMILES string of the molecule is CN1CC[N+](C)CC1. The van der Waals surface area contributed by atoms with Gasteiger partial charge in [0.1, 0.15) is 20.1 Å². The van der Waals surface area contributed by atoms with Crippen LogP contribution in [0.15, 0.2) is 0 Å². The predicted molar refractivity (Wildman–Crippen MR) is 35.3 cm³/mol. The van der Waals surface area contributed by atoms with Gasteiger partial charge in [-0.25, -0.2) is 0 Å². The maximum atomic E-state index is 2.36. The molecule has 1 aliphatic rings. The molecule has 47 valence electrons. The van der Waals surface area contributed by atoms with Crippen molar-refractivity contribution in [2.45, 2.75) is 0 Å². The Hall–Kier alpha value is -0.0800. The van der Waals surface area contributed by atoms with E-state index in [1.54, 1.807) is 0 Å². The van der Waals surface area contributed by atoms with E-state index in [2.05, 4.69) is 23.9 Å². The molecule has 2 heteroatoms. The van der Waals surface area contributed by atoms with Gasteiger partial charge in [0.25, 0.3) is 0 Å². The molecule has 0 N–H and O–H groups in total. The van der Waals surface area contributed by atoms with Crippen LogP contribution in [-0.4, -0.2) is 45.2 Å². The van der Waals surface area contributed by atoms with Gasteiger partial charge in [0, 0.05) is 0 Å². The number of hydrogen-bond donors (Lipinski definition) is 0. The van der Waals surface area contributed by atoms with E-state index in [1.165, 1.54) is 26.2 Å². The second-order valence-electron chi connectivity index (χ2n) is 2.61. The summed E-state index contributed by atoms with van der Waals surface area (Å²) >= 11 is 0. The Labute approximate surface area is 51.1 Å². The fourth-order valence-corrected chi connectivity index (χ4v) is 0.906. The van der Waals surface area contributed by atoms with Crippen molar-refractivity contribution < 1.29 is 0 Å². The van der Waals surface area contributed by atoms with E-state index in [1.807, 2.05) is 0 Å². The van der Waals surface area contributed by atoms with Crippen molar-refractivity contribution in [3.63, 3.8) is 0 Å². The third kappa shape index (κ3) is 1.46. The molecule has 0 atom stereocenters. The first-order chi connectivity index (χ1) is 3.79. The molecule has 0 aromatic carbocycles. The fourth-order valence-electron chi connectivity index (χ4n) is 0.906. The van der Waals surface area contributed by atoms with Crippen molar-refractivity contribution in [3.05, 3.63) is 0 Å². The molecule has 0 saturated carbocycles. The average Bonchev–Trinajstić information content (AvgIpc) is 1.77. The van der Waals surface area contributed by atoms with Gasteiger partial charge in [0.2, 0.25) is 0 Å². The van der Waals surface area contributed by atoms with Crippen LogP contribution in [0.1, 0.15) is 0 Å². The molecule has 0 spiro atoms. The van der Waals surface area contributed by atoms with E-state index in [0.717, 1.165) is 0 Å². The molecule has 1 rings (SSSR count). The van der Waals surface area contributed by atoms with Gasteiger partial charge in [-0.1, -0.05) is 0 Å². The highest BCUT2D eigenvalue weighted by Gasteiger charge is 2.15. The quantitative estimate of drug-likeness (QED) is 0.393. The Morgan fingerprint density at radius 1 is 1.25 bits per heavy atom. The van der Waals surface area contributed by atoms with Crippen molar-refractivity contribution in [3.8, 4) is 0 Å². The van der Waals surface area contributed by atoms with Crippen molar-refractivity contribution in [1.82, 2.24) is 9.80 Å². The lowest BCUT2D eigenvalue weighted by molar-refractivity contribution is 0.241. The monoisotopic (exact) mass is 114 g/mol. The summed E-state index contributed by atoms with van der Waals surface area (Å²) in [6.07, 6.45) is 0. The summed E-state index contributed by atoms with van der Waals surface area (Å²) in [5.41, 5.74) is 0.